The predicted octanol–water partition coefficient (Wildman–Crippen LogP) is 0.944. The number of nitrogens with zero attached hydrogens (tertiary/aromatic N) is 3. The Balaban J connectivity index is 2.27. The number of hydrogen-bond acceptors (Lipinski definition) is 2. The monoisotopic (exact) mass is 195 g/mol. The molecule has 2 rings (SSSR count). The Morgan fingerprint density at radius 3 is 2.79 bits per heavy atom. The van der Waals surface area contributed by atoms with Crippen molar-refractivity contribution in [1.29, 1.82) is 0 Å². The van der Waals surface area contributed by atoms with Gasteiger partial charge in [0, 0.05) is 20.0 Å². The molecule has 0 radical (unpaired) electrons. The molecule has 1 fully saturated rings. The molecule has 14 heavy (non-hydrogen) atoms. The van der Waals surface area contributed by atoms with Gasteiger partial charge in [-0.1, -0.05) is 6.92 Å². The highest BCUT2D eigenvalue weighted by molar-refractivity contribution is 4.90. The van der Waals surface area contributed by atoms with Crippen LogP contribution in [0.5, 0.6) is 0 Å². The molecule has 0 aromatic carbocycles. The first-order valence-corrected chi connectivity index (χ1v) is 5.35. The van der Waals surface area contributed by atoms with Crippen molar-refractivity contribution in [2.45, 2.75) is 39.2 Å². The van der Waals surface area contributed by atoms with Gasteiger partial charge in [-0.2, -0.15) is 5.10 Å². The highest BCUT2D eigenvalue weighted by Crippen LogP contribution is 2.30. The van der Waals surface area contributed by atoms with Crippen molar-refractivity contribution in [3.63, 3.8) is 0 Å². The van der Waals surface area contributed by atoms with Crippen LogP contribution in [-0.4, -0.2) is 14.3 Å². The topological polar surface area (TPSA) is 39.8 Å². The molecule has 0 spiro atoms. The van der Waals surface area contributed by atoms with E-state index in [-0.39, 0.29) is 5.69 Å². The minimum atomic E-state index is 0.0420. The van der Waals surface area contributed by atoms with Crippen molar-refractivity contribution in [2.75, 3.05) is 0 Å². The van der Waals surface area contributed by atoms with E-state index >= 15 is 0 Å². The van der Waals surface area contributed by atoms with Crippen LogP contribution in [0, 0.1) is 5.92 Å². The van der Waals surface area contributed by atoms with Gasteiger partial charge >= 0.3 is 5.69 Å². The summed E-state index contributed by atoms with van der Waals surface area (Å²) in [6, 6.07) is 0. The summed E-state index contributed by atoms with van der Waals surface area (Å²) in [5.41, 5.74) is 0.0420. The van der Waals surface area contributed by atoms with E-state index in [1.807, 2.05) is 4.57 Å². The van der Waals surface area contributed by atoms with Gasteiger partial charge in [-0.15, -0.1) is 0 Å². The van der Waals surface area contributed by atoms with Crippen LogP contribution in [0.3, 0.4) is 0 Å². The standard InChI is InChI=1S/C10H17N3O/c1-3-4-9-11-12(2)10(14)13(9)7-8-5-6-8/h8H,3-7H2,1-2H3. The first-order valence-electron chi connectivity index (χ1n) is 5.35. The Bertz CT molecular complexity index is 373. The van der Waals surface area contributed by atoms with E-state index in [0.29, 0.717) is 0 Å². The SMILES string of the molecule is CCCc1nn(C)c(=O)n1CC1CC1. The zero-order valence-electron chi connectivity index (χ0n) is 8.86. The third-order valence-corrected chi connectivity index (χ3v) is 2.70. The van der Waals surface area contributed by atoms with E-state index in [9.17, 15) is 4.79 Å². The number of aryl methyl sites for hydroxylation is 2. The van der Waals surface area contributed by atoms with E-state index < -0.39 is 0 Å². The average Bonchev–Trinajstić information content (AvgIpc) is 2.91. The van der Waals surface area contributed by atoms with E-state index in [0.717, 1.165) is 31.1 Å². The van der Waals surface area contributed by atoms with Crippen LogP contribution in [-0.2, 0) is 20.0 Å². The molecular weight excluding hydrogens is 178 g/mol. The molecule has 4 nitrogen and oxygen atoms in total. The van der Waals surface area contributed by atoms with Crippen molar-refractivity contribution < 1.29 is 0 Å². The third-order valence-electron chi connectivity index (χ3n) is 2.70. The van der Waals surface area contributed by atoms with Crippen molar-refractivity contribution in [3.8, 4) is 0 Å². The van der Waals surface area contributed by atoms with Crippen LogP contribution < -0.4 is 5.69 Å². The van der Waals surface area contributed by atoms with Gasteiger partial charge in [0.05, 0.1) is 0 Å². The van der Waals surface area contributed by atoms with Gasteiger partial charge in [0.2, 0.25) is 0 Å². The average molecular weight is 195 g/mol. The molecule has 1 aliphatic rings. The largest absolute Gasteiger partial charge is 0.345 e. The summed E-state index contributed by atoms with van der Waals surface area (Å²) in [6.45, 7) is 2.99. The Hall–Kier alpha value is -1.06. The van der Waals surface area contributed by atoms with Gasteiger partial charge in [0.25, 0.3) is 0 Å². The van der Waals surface area contributed by atoms with Crippen molar-refractivity contribution >= 4 is 0 Å². The zero-order chi connectivity index (χ0) is 10.1. The molecule has 0 saturated heterocycles. The summed E-state index contributed by atoms with van der Waals surface area (Å²) in [5.74, 6) is 1.68. The smallest absolute Gasteiger partial charge is 0.279 e. The lowest BCUT2D eigenvalue weighted by atomic mass is 10.3. The Morgan fingerprint density at radius 2 is 2.21 bits per heavy atom. The van der Waals surface area contributed by atoms with Gasteiger partial charge in [0.15, 0.2) is 0 Å². The van der Waals surface area contributed by atoms with Gasteiger partial charge in [-0.3, -0.25) is 4.57 Å². The van der Waals surface area contributed by atoms with Gasteiger partial charge < -0.3 is 0 Å². The van der Waals surface area contributed by atoms with E-state index in [4.69, 9.17) is 0 Å². The zero-order valence-corrected chi connectivity index (χ0v) is 8.86. The summed E-state index contributed by atoms with van der Waals surface area (Å²) in [4.78, 5) is 11.7. The molecule has 1 heterocycles. The Labute approximate surface area is 83.5 Å². The third kappa shape index (κ3) is 1.74. The van der Waals surface area contributed by atoms with Crippen molar-refractivity contribution in [2.24, 2.45) is 13.0 Å². The maximum Gasteiger partial charge on any atom is 0.345 e. The van der Waals surface area contributed by atoms with Gasteiger partial charge in [0.1, 0.15) is 5.82 Å². The fourth-order valence-corrected chi connectivity index (χ4v) is 1.71. The molecule has 0 unspecified atom stereocenters. The molecule has 0 aliphatic heterocycles. The Morgan fingerprint density at radius 1 is 1.50 bits per heavy atom. The number of rotatable bonds is 4. The normalized spacial score (nSPS) is 16.1. The summed E-state index contributed by atoms with van der Waals surface area (Å²) >= 11 is 0. The van der Waals surface area contributed by atoms with Crippen LogP contribution in [0.1, 0.15) is 32.0 Å². The molecule has 1 aromatic rings. The molecular formula is C10H17N3O. The van der Waals surface area contributed by atoms with Crippen molar-refractivity contribution in [1.82, 2.24) is 14.3 Å². The lowest BCUT2D eigenvalue weighted by Crippen LogP contribution is -2.24. The minimum Gasteiger partial charge on any atom is -0.279 e. The van der Waals surface area contributed by atoms with E-state index in [2.05, 4.69) is 12.0 Å². The lowest BCUT2D eigenvalue weighted by molar-refractivity contribution is 0.572. The molecule has 4 heteroatoms. The molecule has 1 aromatic heterocycles. The number of hydrogen-bond donors (Lipinski definition) is 0. The molecule has 78 valence electrons. The fraction of sp³-hybridized carbons (Fsp3) is 0.800. The van der Waals surface area contributed by atoms with Crippen LogP contribution >= 0.6 is 0 Å². The van der Waals surface area contributed by atoms with Gasteiger partial charge in [-0.05, 0) is 25.2 Å². The first kappa shape index (κ1) is 9.49. The van der Waals surface area contributed by atoms with Crippen LogP contribution in [0.2, 0.25) is 0 Å². The molecule has 0 amide bonds. The quantitative estimate of drug-likeness (QED) is 0.717. The maximum atomic E-state index is 11.7. The predicted molar refractivity (Wildman–Crippen MR) is 54.2 cm³/mol. The van der Waals surface area contributed by atoms with Crippen molar-refractivity contribution in [3.05, 3.63) is 16.3 Å². The second kappa shape index (κ2) is 3.59. The van der Waals surface area contributed by atoms with E-state index in [1.165, 1.54) is 17.5 Å². The first-order chi connectivity index (χ1) is 6.72. The lowest BCUT2D eigenvalue weighted by Gasteiger charge is -2.02. The molecule has 1 saturated carbocycles. The summed E-state index contributed by atoms with van der Waals surface area (Å²) in [6.07, 6.45) is 4.49. The highest BCUT2D eigenvalue weighted by atomic mass is 16.2. The van der Waals surface area contributed by atoms with E-state index in [1.54, 1.807) is 7.05 Å². The van der Waals surface area contributed by atoms with Crippen LogP contribution in [0.25, 0.3) is 0 Å². The second-order valence-corrected chi connectivity index (χ2v) is 4.13. The van der Waals surface area contributed by atoms with Crippen LogP contribution in [0.4, 0.5) is 0 Å². The fourth-order valence-electron chi connectivity index (χ4n) is 1.71. The number of aromatic nitrogens is 3. The summed E-state index contributed by atoms with van der Waals surface area (Å²) in [7, 11) is 1.73. The maximum absolute atomic E-state index is 11.7. The summed E-state index contributed by atoms with van der Waals surface area (Å²) < 4.78 is 3.30. The highest BCUT2D eigenvalue weighted by Gasteiger charge is 2.24. The van der Waals surface area contributed by atoms with Crippen LogP contribution in [0.15, 0.2) is 4.79 Å². The minimum absolute atomic E-state index is 0.0420. The molecule has 0 N–H and O–H groups in total. The summed E-state index contributed by atoms with van der Waals surface area (Å²) in [5, 5.41) is 4.25. The second-order valence-electron chi connectivity index (χ2n) is 4.13. The van der Waals surface area contributed by atoms with Gasteiger partial charge in [-0.25, -0.2) is 9.48 Å². The molecule has 0 bridgehead atoms. The molecule has 1 aliphatic carbocycles. The Kier molecular flexibility index (Phi) is 2.44. The molecule has 0 atom stereocenters.